The SMILES string of the molecule is O=C(Nc1nc(C2CCOCC2)cs1)c1cnnc(-c2ccccc2)c1. The van der Waals surface area contributed by atoms with Gasteiger partial charge in [-0.2, -0.15) is 10.2 Å². The summed E-state index contributed by atoms with van der Waals surface area (Å²) in [5.74, 6) is 0.183. The van der Waals surface area contributed by atoms with Gasteiger partial charge in [0.2, 0.25) is 0 Å². The lowest BCUT2D eigenvalue weighted by Gasteiger charge is -2.19. The lowest BCUT2D eigenvalue weighted by atomic mass is 9.98. The van der Waals surface area contributed by atoms with Crippen LogP contribution in [0.4, 0.5) is 5.13 Å². The van der Waals surface area contributed by atoms with Crippen LogP contribution in [0.15, 0.2) is 48.0 Å². The molecule has 0 bridgehead atoms. The van der Waals surface area contributed by atoms with Crippen molar-refractivity contribution in [3.63, 3.8) is 0 Å². The summed E-state index contributed by atoms with van der Waals surface area (Å²) in [6.45, 7) is 1.55. The van der Waals surface area contributed by atoms with Crippen molar-refractivity contribution in [2.24, 2.45) is 0 Å². The fraction of sp³-hybridized carbons (Fsp3) is 0.263. The minimum absolute atomic E-state index is 0.232. The first kappa shape index (κ1) is 16.8. The zero-order valence-corrected chi connectivity index (χ0v) is 14.9. The van der Waals surface area contributed by atoms with Gasteiger partial charge < -0.3 is 4.74 Å². The number of nitrogens with zero attached hydrogens (tertiary/aromatic N) is 3. The largest absolute Gasteiger partial charge is 0.381 e. The molecule has 26 heavy (non-hydrogen) atoms. The molecule has 4 rings (SSSR count). The number of rotatable bonds is 4. The second-order valence-electron chi connectivity index (χ2n) is 6.11. The third-order valence-electron chi connectivity index (χ3n) is 4.37. The Morgan fingerprint density at radius 2 is 2.00 bits per heavy atom. The molecule has 132 valence electrons. The van der Waals surface area contributed by atoms with Gasteiger partial charge in [-0.25, -0.2) is 4.98 Å². The maximum atomic E-state index is 12.6. The minimum atomic E-state index is -0.232. The molecule has 1 saturated heterocycles. The molecule has 2 aromatic heterocycles. The molecule has 0 unspecified atom stereocenters. The molecule has 0 saturated carbocycles. The highest BCUT2D eigenvalue weighted by molar-refractivity contribution is 7.14. The van der Waals surface area contributed by atoms with Gasteiger partial charge in [0.05, 0.1) is 23.1 Å². The molecule has 7 heteroatoms. The first-order valence-electron chi connectivity index (χ1n) is 8.52. The molecule has 0 atom stereocenters. The van der Waals surface area contributed by atoms with E-state index < -0.39 is 0 Å². The summed E-state index contributed by atoms with van der Waals surface area (Å²) >= 11 is 1.45. The van der Waals surface area contributed by atoms with E-state index in [-0.39, 0.29) is 5.91 Å². The summed E-state index contributed by atoms with van der Waals surface area (Å²) in [5, 5.41) is 13.6. The number of nitrogens with one attached hydrogen (secondary N) is 1. The highest BCUT2D eigenvalue weighted by Crippen LogP contribution is 2.29. The van der Waals surface area contributed by atoms with Crippen LogP contribution < -0.4 is 5.32 Å². The molecule has 0 radical (unpaired) electrons. The number of aromatic nitrogens is 3. The molecule has 1 N–H and O–H groups in total. The molecule has 3 aromatic rings. The minimum Gasteiger partial charge on any atom is -0.381 e. The van der Waals surface area contributed by atoms with Gasteiger partial charge in [-0.1, -0.05) is 30.3 Å². The van der Waals surface area contributed by atoms with E-state index in [1.807, 2.05) is 35.7 Å². The first-order chi connectivity index (χ1) is 12.8. The number of hydrogen-bond acceptors (Lipinski definition) is 6. The van der Waals surface area contributed by atoms with Gasteiger partial charge in [0.15, 0.2) is 5.13 Å². The van der Waals surface area contributed by atoms with Crippen LogP contribution in [0, 0.1) is 0 Å². The van der Waals surface area contributed by atoms with Crippen molar-refractivity contribution >= 4 is 22.4 Å². The standard InChI is InChI=1S/C19H18N4O2S/c24-18(15-10-16(23-20-11-15)13-4-2-1-3-5-13)22-19-21-17(12-26-19)14-6-8-25-9-7-14/h1-5,10-12,14H,6-9H2,(H,21,22,24). The molecule has 0 aliphatic carbocycles. The lowest BCUT2D eigenvalue weighted by Crippen LogP contribution is -2.15. The Bertz CT molecular complexity index is 891. The van der Waals surface area contributed by atoms with Crippen LogP contribution in [-0.2, 0) is 4.74 Å². The Hall–Kier alpha value is -2.64. The topological polar surface area (TPSA) is 77.0 Å². The van der Waals surface area contributed by atoms with E-state index in [0.29, 0.717) is 22.3 Å². The van der Waals surface area contributed by atoms with Crippen LogP contribution in [0.3, 0.4) is 0 Å². The van der Waals surface area contributed by atoms with Crippen molar-refractivity contribution in [1.29, 1.82) is 0 Å². The Labute approximate surface area is 155 Å². The van der Waals surface area contributed by atoms with Gasteiger partial charge in [-0.05, 0) is 18.9 Å². The predicted molar refractivity (Wildman–Crippen MR) is 100 cm³/mol. The zero-order valence-electron chi connectivity index (χ0n) is 14.1. The monoisotopic (exact) mass is 366 g/mol. The van der Waals surface area contributed by atoms with Gasteiger partial charge in [0, 0.05) is 30.1 Å². The smallest absolute Gasteiger partial charge is 0.259 e. The highest BCUT2D eigenvalue weighted by atomic mass is 32.1. The number of thiazole rings is 1. The maximum absolute atomic E-state index is 12.6. The third-order valence-corrected chi connectivity index (χ3v) is 5.14. The fourth-order valence-electron chi connectivity index (χ4n) is 2.93. The van der Waals surface area contributed by atoms with Crippen LogP contribution in [0.2, 0.25) is 0 Å². The number of anilines is 1. The molecular formula is C19H18N4O2S. The molecule has 0 spiro atoms. The zero-order chi connectivity index (χ0) is 17.8. The van der Waals surface area contributed by atoms with Crippen LogP contribution in [0.5, 0.6) is 0 Å². The van der Waals surface area contributed by atoms with E-state index in [0.717, 1.165) is 37.3 Å². The molecule has 1 aromatic carbocycles. The summed E-state index contributed by atoms with van der Waals surface area (Å²) < 4.78 is 5.39. The Morgan fingerprint density at radius 3 is 2.81 bits per heavy atom. The highest BCUT2D eigenvalue weighted by Gasteiger charge is 2.19. The predicted octanol–water partition coefficient (Wildman–Crippen LogP) is 3.75. The number of amides is 1. The molecule has 6 nitrogen and oxygen atoms in total. The summed E-state index contributed by atoms with van der Waals surface area (Å²) in [4.78, 5) is 17.1. The third kappa shape index (κ3) is 3.79. The molecule has 1 aliphatic heterocycles. The van der Waals surface area contributed by atoms with Crippen molar-refractivity contribution in [3.8, 4) is 11.3 Å². The van der Waals surface area contributed by atoms with Crippen molar-refractivity contribution in [2.45, 2.75) is 18.8 Å². The second-order valence-corrected chi connectivity index (χ2v) is 6.97. The summed E-state index contributed by atoms with van der Waals surface area (Å²) in [6.07, 6.45) is 3.42. The lowest BCUT2D eigenvalue weighted by molar-refractivity contribution is 0.0846. The van der Waals surface area contributed by atoms with Gasteiger partial charge in [-0.15, -0.1) is 11.3 Å². The van der Waals surface area contributed by atoms with Crippen LogP contribution >= 0.6 is 11.3 Å². The van der Waals surface area contributed by atoms with Crippen LogP contribution in [0.25, 0.3) is 11.3 Å². The molecule has 1 fully saturated rings. The number of benzene rings is 1. The Balaban J connectivity index is 1.48. The van der Waals surface area contributed by atoms with E-state index >= 15 is 0 Å². The quantitative estimate of drug-likeness (QED) is 0.761. The Kier molecular flexibility index (Phi) is 4.99. The average molecular weight is 366 g/mol. The second kappa shape index (κ2) is 7.72. The van der Waals surface area contributed by atoms with Gasteiger partial charge in [-0.3, -0.25) is 10.1 Å². The first-order valence-corrected chi connectivity index (χ1v) is 9.40. The van der Waals surface area contributed by atoms with E-state index in [9.17, 15) is 4.79 Å². The van der Waals surface area contributed by atoms with Gasteiger partial charge in [0.25, 0.3) is 5.91 Å². The normalized spacial score (nSPS) is 14.9. The van der Waals surface area contributed by atoms with Crippen molar-refractivity contribution in [3.05, 3.63) is 59.2 Å². The van der Waals surface area contributed by atoms with Gasteiger partial charge in [0.1, 0.15) is 0 Å². The van der Waals surface area contributed by atoms with E-state index in [4.69, 9.17) is 4.74 Å². The van der Waals surface area contributed by atoms with E-state index in [1.165, 1.54) is 17.5 Å². The molecular weight excluding hydrogens is 348 g/mol. The number of hydrogen-bond donors (Lipinski definition) is 1. The number of carbonyl (C=O) groups excluding carboxylic acids is 1. The van der Waals surface area contributed by atoms with Crippen molar-refractivity contribution in [2.75, 3.05) is 18.5 Å². The number of ether oxygens (including phenoxy) is 1. The van der Waals surface area contributed by atoms with Crippen LogP contribution in [0.1, 0.15) is 34.8 Å². The Morgan fingerprint density at radius 1 is 1.19 bits per heavy atom. The average Bonchev–Trinajstić information content (AvgIpc) is 3.18. The molecule has 1 amide bonds. The maximum Gasteiger partial charge on any atom is 0.259 e. The summed E-state index contributed by atoms with van der Waals surface area (Å²) in [5.41, 5.74) is 3.08. The molecule has 3 heterocycles. The van der Waals surface area contributed by atoms with E-state index in [1.54, 1.807) is 6.07 Å². The molecule has 1 aliphatic rings. The van der Waals surface area contributed by atoms with Gasteiger partial charge >= 0.3 is 0 Å². The summed E-state index contributed by atoms with van der Waals surface area (Å²) in [7, 11) is 0. The van der Waals surface area contributed by atoms with Crippen LogP contribution in [-0.4, -0.2) is 34.3 Å². The fourth-order valence-corrected chi connectivity index (χ4v) is 3.72. The summed E-state index contributed by atoms with van der Waals surface area (Å²) in [6, 6.07) is 11.4. The number of carbonyl (C=O) groups is 1. The van der Waals surface area contributed by atoms with Crippen molar-refractivity contribution < 1.29 is 9.53 Å². The van der Waals surface area contributed by atoms with Crippen molar-refractivity contribution in [1.82, 2.24) is 15.2 Å². The van der Waals surface area contributed by atoms with E-state index in [2.05, 4.69) is 20.5 Å².